The number of nitro benzene ring substituents is 1. The van der Waals surface area contributed by atoms with Crippen molar-refractivity contribution in [1.82, 2.24) is 9.21 Å². The first kappa shape index (κ1) is 26.8. The second kappa shape index (κ2) is 11.7. The van der Waals surface area contributed by atoms with E-state index >= 15 is 0 Å². The van der Waals surface area contributed by atoms with Crippen molar-refractivity contribution in [2.75, 3.05) is 25.1 Å². The molecule has 1 heterocycles. The highest BCUT2D eigenvalue weighted by atomic mass is 79.9. The third-order valence-corrected chi connectivity index (χ3v) is 8.32. The lowest BCUT2D eigenvalue weighted by atomic mass is 10.0. The Bertz CT molecular complexity index is 1200. The number of anilines is 1. The van der Waals surface area contributed by atoms with E-state index in [1.54, 1.807) is 4.90 Å². The summed E-state index contributed by atoms with van der Waals surface area (Å²) in [6.07, 6.45) is 3.23. The van der Waals surface area contributed by atoms with E-state index in [-0.39, 0.29) is 28.7 Å². The van der Waals surface area contributed by atoms with Crippen LogP contribution in [0.15, 0.2) is 56.9 Å². The molecule has 188 valence electrons. The van der Waals surface area contributed by atoms with Crippen molar-refractivity contribution in [2.45, 2.75) is 44.0 Å². The third-order valence-electron chi connectivity index (χ3n) is 5.85. The Morgan fingerprint density at radius 2 is 1.91 bits per heavy atom. The number of carbonyl (C=O) groups is 1. The number of nitrogens with zero attached hydrogens (tertiary/aromatic N) is 4. The number of non-ortho nitro benzene ring substituents is 1. The number of nitro groups is 1. The predicted octanol–water partition coefficient (Wildman–Crippen LogP) is 4.21. The molecule has 1 aliphatic rings. The molecule has 0 aliphatic carbocycles. The largest absolute Gasteiger partial charge is 0.342 e. The first-order valence-electron chi connectivity index (χ1n) is 11.3. The molecule has 1 saturated heterocycles. The van der Waals surface area contributed by atoms with Crippen molar-refractivity contribution in [1.29, 1.82) is 0 Å². The van der Waals surface area contributed by atoms with Crippen LogP contribution >= 0.6 is 15.9 Å². The van der Waals surface area contributed by atoms with Crippen LogP contribution in [0.3, 0.4) is 0 Å². The smallest absolute Gasteiger partial charge is 0.270 e. The van der Waals surface area contributed by atoms with Gasteiger partial charge in [-0.05, 0) is 50.5 Å². The van der Waals surface area contributed by atoms with E-state index in [0.29, 0.717) is 25.9 Å². The van der Waals surface area contributed by atoms with Gasteiger partial charge in [-0.3, -0.25) is 20.3 Å². The number of halogens is 1. The zero-order chi connectivity index (χ0) is 25.6. The number of hydrazone groups is 1. The lowest BCUT2D eigenvalue weighted by Gasteiger charge is -2.36. The van der Waals surface area contributed by atoms with Gasteiger partial charge in [-0.15, -0.1) is 0 Å². The Balaban J connectivity index is 1.99. The lowest BCUT2D eigenvalue weighted by Crippen LogP contribution is -2.52. The number of sulfonamides is 1. The van der Waals surface area contributed by atoms with Crippen molar-refractivity contribution < 1.29 is 18.1 Å². The number of carbonyl (C=O) groups excluding carboxylic acids is 1. The van der Waals surface area contributed by atoms with Gasteiger partial charge >= 0.3 is 0 Å². The number of amides is 1. The van der Waals surface area contributed by atoms with Gasteiger partial charge in [0.05, 0.1) is 16.8 Å². The summed E-state index contributed by atoms with van der Waals surface area (Å²) in [7, 11) is -4.25. The first-order valence-corrected chi connectivity index (χ1v) is 13.6. The summed E-state index contributed by atoms with van der Waals surface area (Å²) in [6.45, 7) is 4.77. The summed E-state index contributed by atoms with van der Waals surface area (Å²) in [5.74, 6) is -0.258. The van der Waals surface area contributed by atoms with E-state index in [0.717, 1.165) is 22.5 Å². The molecule has 3 rings (SSSR count). The number of hydrogen-bond donors (Lipinski definition) is 1. The minimum atomic E-state index is -4.25. The summed E-state index contributed by atoms with van der Waals surface area (Å²) in [5.41, 5.74) is 3.20. The van der Waals surface area contributed by atoms with Crippen LogP contribution in [0.1, 0.15) is 38.7 Å². The molecule has 1 unspecified atom stereocenters. The van der Waals surface area contributed by atoms with Gasteiger partial charge in [-0.2, -0.15) is 9.41 Å². The number of likely N-dealkylation sites (N-methyl/N-ethyl adjacent to an activating group) is 1. The minimum Gasteiger partial charge on any atom is -0.342 e. The van der Waals surface area contributed by atoms with Gasteiger partial charge in [-0.25, -0.2) is 8.42 Å². The molecule has 1 aliphatic heterocycles. The van der Waals surface area contributed by atoms with Crippen molar-refractivity contribution in [3.63, 3.8) is 0 Å². The summed E-state index contributed by atoms with van der Waals surface area (Å²) in [5, 5.41) is 15.5. The number of benzene rings is 2. The molecule has 0 aromatic heterocycles. The maximum absolute atomic E-state index is 13.8. The average molecular weight is 566 g/mol. The van der Waals surface area contributed by atoms with E-state index in [1.165, 1.54) is 22.7 Å². The number of hydrogen-bond acceptors (Lipinski definition) is 7. The van der Waals surface area contributed by atoms with Crippen LogP contribution in [-0.4, -0.2) is 60.3 Å². The molecule has 0 bridgehead atoms. The summed E-state index contributed by atoms with van der Waals surface area (Å²) >= 11 is 3.36. The molecule has 1 amide bonds. The van der Waals surface area contributed by atoms with Crippen molar-refractivity contribution in [2.24, 2.45) is 5.10 Å². The van der Waals surface area contributed by atoms with Gasteiger partial charge < -0.3 is 4.90 Å². The molecule has 1 fully saturated rings. The highest BCUT2D eigenvalue weighted by Gasteiger charge is 2.40. The van der Waals surface area contributed by atoms with Crippen LogP contribution in [0.25, 0.3) is 0 Å². The zero-order valence-electron chi connectivity index (χ0n) is 19.6. The van der Waals surface area contributed by atoms with E-state index in [4.69, 9.17) is 0 Å². The van der Waals surface area contributed by atoms with E-state index in [1.807, 2.05) is 38.1 Å². The Kier molecular flexibility index (Phi) is 8.98. The zero-order valence-corrected chi connectivity index (χ0v) is 22.0. The van der Waals surface area contributed by atoms with Crippen LogP contribution < -0.4 is 5.43 Å². The highest BCUT2D eigenvalue weighted by molar-refractivity contribution is 9.10. The molecular weight excluding hydrogens is 538 g/mol. The summed E-state index contributed by atoms with van der Waals surface area (Å²) in [4.78, 5) is 25.2. The third kappa shape index (κ3) is 6.24. The molecular formula is C23H28BrN5O5S. The summed E-state index contributed by atoms with van der Waals surface area (Å²) < 4.78 is 29.7. The van der Waals surface area contributed by atoms with Gasteiger partial charge in [0.2, 0.25) is 15.9 Å². The van der Waals surface area contributed by atoms with Gasteiger partial charge in [0.1, 0.15) is 10.9 Å². The normalized spacial score (nSPS) is 16.8. The molecule has 1 atom stereocenters. The fraction of sp³-hybridized carbons (Fsp3) is 0.391. The average Bonchev–Trinajstić information content (AvgIpc) is 2.86. The Labute approximate surface area is 213 Å². The molecule has 0 saturated carbocycles. The molecule has 12 heteroatoms. The van der Waals surface area contributed by atoms with Crippen LogP contribution in [-0.2, 0) is 14.8 Å². The molecule has 0 radical (unpaired) electrons. The van der Waals surface area contributed by atoms with E-state index in [2.05, 4.69) is 26.5 Å². The lowest BCUT2D eigenvalue weighted by molar-refractivity contribution is -0.385. The second-order valence-corrected chi connectivity index (χ2v) is 10.8. The van der Waals surface area contributed by atoms with Gasteiger partial charge in [0, 0.05) is 36.2 Å². The minimum absolute atomic E-state index is 0.0866. The second-order valence-electron chi connectivity index (χ2n) is 8.00. The monoisotopic (exact) mass is 565 g/mol. The van der Waals surface area contributed by atoms with Crippen molar-refractivity contribution >= 4 is 49.4 Å². The number of piperidine rings is 1. The first-order chi connectivity index (χ1) is 16.7. The van der Waals surface area contributed by atoms with E-state index < -0.39 is 21.0 Å². The van der Waals surface area contributed by atoms with Gasteiger partial charge in [0.25, 0.3) is 5.69 Å². The van der Waals surface area contributed by atoms with Crippen LogP contribution in [0.2, 0.25) is 0 Å². The van der Waals surface area contributed by atoms with Crippen molar-refractivity contribution in [3.8, 4) is 0 Å². The molecule has 2 aromatic carbocycles. The quantitative estimate of drug-likeness (QED) is 0.275. The molecule has 1 N–H and O–H groups in total. The Morgan fingerprint density at radius 1 is 1.23 bits per heavy atom. The molecule has 10 nitrogen and oxygen atoms in total. The van der Waals surface area contributed by atoms with Crippen molar-refractivity contribution in [3.05, 3.63) is 62.6 Å². The van der Waals surface area contributed by atoms with E-state index in [9.17, 15) is 23.3 Å². The number of rotatable bonds is 9. The van der Waals surface area contributed by atoms with Crippen LogP contribution in [0.5, 0.6) is 0 Å². The Hall–Kier alpha value is -2.83. The number of nitrogens with one attached hydrogen (secondary N) is 1. The molecule has 2 aromatic rings. The van der Waals surface area contributed by atoms with Gasteiger partial charge in [0.15, 0.2) is 0 Å². The van der Waals surface area contributed by atoms with Crippen LogP contribution in [0.4, 0.5) is 11.4 Å². The highest BCUT2D eigenvalue weighted by Crippen LogP contribution is 2.33. The maximum Gasteiger partial charge on any atom is 0.270 e. The molecule has 35 heavy (non-hydrogen) atoms. The van der Waals surface area contributed by atoms with Gasteiger partial charge in [-0.1, -0.05) is 34.5 Å². The topological polar surface area (TPSA) is 125 Å². The predicted molar refractivity (Wildman–Crippen MR) is 138 cm³/mol. The maximum atomic E-state index is 13.8. The Morgan fingerprint density at radius 3 is 2.54 bits per heavy atom. The summed E-state index contributed by atoms with van der Waals surface area (Å²) in [6, 6.07) is 10.0. The standard InChI is InChI=1S/C23H28BrN5O5S/c1-3-27(4-2)23(30)21-7-5-6-14-28(21)35(33,34)22-15-19(29(31)32)12-13-20(22)26-25-16-17-8-10-18(24)11-9-17/h8-13,15-16,21,26H,3-7,14H2,1-2H3. The SMILES string of the molecule is CCN(CC)C(=O)C1CCCCN1S(=O)(=O)c1cc([N+](=O)[O-])ccc1NN=Cc1ccc(Br)cc1. The fourth-order valence-electron chi connectivity index (χ4n) is 3.97. The fourth-order valence-corrected chi connectivity index (χ4v) is 6.05. The van der Waals surface area contributed by atoms with Crippen LogP contribution in [0, 0.1) is 10.1 Å². The molecule has 0 spiro atoms.